The minimum atomic E-state index is -0.771. The SMILES string of the molecule is CC(=O)O[C@]1(C#C[C@]2(OC(C)=O)C[C@H](C)S[C@@H]3CCCC[C@@H]32)C[C@H](C)S[C@H]2CCCC[C@H]21. The molecule has 4 nitrogen and oxygen atoms in total. The molecule has 0 aromatic heterocycles. The van der Waals surface area contributed by atoms with Gasteiger partial charge in [-0.25, -0.2) is 0 Å². The van der Waals surface area contributed by atoms with Crippen LogP contribution in [-0.2, 0) is 19.1 Å². The standard InChI is InChI=1S/C26H38O4S2/c1-17-15-25(29-19(3)27,21-9-5-7-11-23(21)31-17)13-14-26(30-20(4)28)16-18(2)32-24-12-8-6-10-22(24)26/h17-18,21-24H,5-12,15-16H2,1-4H3/t17-,18-,21-,22+,23+,24-,25-,26+/m0/s1. The number of ether oxygens (including phenoxy) is 2. The van der Waals surface area contributed by atoms with Crippen LogP contribution < -0.4 is 0 Å². The van der Waals surface area contributed by atoms with E-state index in [0.717, 1.165) is 51.4 Å². The van der Waals surface area contributed by atoms with E-state index in [2.05, 4.69) is 25.7 Å². The third-order valence-corrected chi connectivity index (χ3v) is 10.8. The lowest BCUT2D eigenvalue weighted by atomic mass is 9.71. The molecule has 32 heavy (non-hydrogen) atoms. The minimum absolute atomic E-state index is 0.251. The molecule has 2 saturated heterocycles. The number of rotatable bonds is 2. The fraction of sp³-hybridized carbons (Fsp3) is 0.846. The molecule has 2 heterocycles. The molecular formula is C26H38O4S2. The normalized spacial score (nSPS) is 43.6. The number of carbonyl (C=O) groups excluding carboxylic acids is 2. The van der Waals surface area contributed by atoms with Gasteiger partial charge >= 0.3 is 11.9 Å². The molecule has 2 saturated carbocycles. The van der Waals surface area contributed by atoms with Crippen molar-refractivity contribution in [2.24, 2.45) is 11.8 Å². The summed E-state index contributed by atoms with van der Waals surface area (Å²) in [5, 5.41) is 1.73. The molecule has 0 aromatic rings. The van der Waals surface area contributed by atoms with Crippen LogP contribution in [0.2, 0.25) is 0 Å². The summed E-state index contributed by atoms with van der Waals surface area (Å²) in [5.74, 6) is 7.13. The molecule has 4 aliphatic rings. The fourth-order valence-corrected chi connectivity index (χ4v) is 10.3. The second kappa shape index (κ2) is 9.82. The lowest BCUT2D eigenvalue weighted by Crippen LogP contribution is -2.54. The van der Waals surface area contributed by atoms with Gasteiger partial charge in [-0.1, -0.05) is 51.4 Å². The van der Waals surface area contributed by atoms with Gasteiger partial charge in [0.15, 0.2) is 11.2 Å². The van der Waals surface area contributed by atoms with Gasteiger partial charge < -0.3 is 9.47 Å². The Morgan fingerprint density at radius 2 is 1.09 bits per heavy atom. The van der Waals surface area contributed by atoms with Gasteiger partial charge in [-0.05, 0) is 25.7 Å². The maximum atomic E-state index is 12.3. The summed E-state index contributed by atoms with van der Waals surface area (Å²) in [6.45, 7) is 7.47. The third kappa shape index (κ3) is 4.99. The van der Waals surface area contributed by atoms with E-state index in [1.807, 2.05) is 23.5 Å². The molecule has 2 aliphatic carbocycles. The molecule has 0 unspecified atom stereocenters. The third-order valence-electron chi connectivity index (χ3n) is 7.74. The summed E-state index contributed by atoms with van der Waals surface area (Å²) >= 11 is 4.08. The first kappa shape index (κ1) is 24.3. The quantitative estimate of drug-likeness (QED) is 0.371. The highest BCUT2D eigenvalue weighted by Crippen LogP contribution is 2.52. The molecule has 0 aromatic carbocycles. The van der Waals surface area contributed by atoms with Crippen LogP contribution in [0, 0.1) is 23.7 Å². The maximum absolute atomic E-state index is 12.3. The van der Waals surface area contributed by atoms with Crippen molar-refractivity contribution in [1.82, 2.24) is 0 Å². The van der Waals surface area contributed by atoms with E-state index in [1.165, 1.54) is 26.7 Å². The summed E-state index contributed by atoms with van der Waals surface area (Å²) in [6.07, 6.45) is 10.7. The molecule has 4 fully saturated rings. The number of esters is 2. The number of fused-ring (bicyclic) bond motifs is 2. The summed E-state index contributed by atoms with van der Waals surface area (Å²) in [5.41, 5.74) is -1.54. The number of hydrogen-bond donors (Lipinski definition) is 0. The molecule has 2 aliphatic heterocycles. The molecule has 0 spiro atoms. The Kier molecular flexibility index (Phi) is 7.47. The smallest absolute Gasteiger partial charge is 0.304 e. The number of carbonyl (C=O) groups is 2. The van der Waals surface area contributed by atoms with Crippen LogP contribution in [0.15, 0.2) is 0 Å². The zero-order valence-corrected chi connectivity index (χ0v) is 21.6. The Morgan fingerprint density at radius 1 is 0.719 bits per heavy atom. The lowest BCUT2D eigenvalue weighted by Gasteiger charge is -2.50. The molecule has 0 N–H and O–H groups in total. The topological polar surface area (TPSA) is 52.6 Å². The highest BCUT2D eigenvalue weighted by atomic mass is 32.2. The van der Waals surface area contributed by atoms with Crippen LogP contribution in [0.25, 0.3) is 0 Å². The predicted octanol–water partition coefficient (Wildman–Crippen LogP) is 5.76. The average Bonchev–Trinajstić information content (AvgIpc) is 2.71. The average molecular weight is 479 g/mol. The second-order valence-corrected chi connectivity index (χ2v) is 13.7. The minimum Gasteiger partial charge on any atom is -0.446 e. The van der Waals surface area contributed by atoms with E-state index in [1.54, 1.807) is 0 Å². The molecule has 4 rings (SSSR count). The maximum Gasteiger partial charge on any atom is 0.304 e. The molecular weight excluding hydrogens is 440 g/mol. The molecule has 8 atom stereocenters. The first-order chi connectivity index (χ1) is 15.2. The Labute approximate surface area is 202 Å². The Balaban J connectivity index is 1.77. The van der Waals surface area contributed by atoms with Crippen LogP contribution in [-0.4, -0.2) is 44.1 Å². The zero-order chi connectivity index (χ0) is 22.9. The van der Waals surface area contributed by atoms with Crippen LogP contribution in [0.5, 0.6) is 0 Å². The summed E-state index contributed by atoms with van der Waals surface area (Å²) in [6, 6.07) is 0. The van der Waals surface area contributed by atoms with Gasteiger partial charge in [-0.3, -0.25) is 9.59 Å². The first-order valence-corrected chi connectivity index (χ1v) is 14.4. The van der Waals surface area contributed by atoms with E-state index in [9.17, 15) is 9.59 Å². The summed E-state index contributed by atoms with van der Waals surface area (Å²) < 4.78 is 12.3. The monoisotopic (exact) mass is 478 g/mol. The predicted molar refractivity (Wildman–Crippen MR) is 132 cm³/mol. The zero-order valence-electron chi connectivity index (χ0n) is 20.0. The van der Waals surface area contributed by atoms with Crippen molar-refractivity contribution >= 4 is 35.5 Å². The van der Waals surface area contributed by atoms with Gasteiger partial charge in [0.25, 0.3) is 0 Å². The van der Waals surface area contributed by atoms with E-state index in [4.69, 9.17) is 9.47 Å². The first-order valence-electron chi connectivity index (χ1n) is 12.5. The largest absolute Gasteiger partial charge is 0.446 e. The van der Waals surface area contributed by atoms with Crippen molar-refractivity contribution < 1.29 is 19.1 Å². The lowest BCUT2D eigenvalue weighted by molar-refractivity contribution is -0.160. The fourth-order valence-electron chi connectivity index (χ4n) is 6.73. The van der Waals surface area contributed by atoms with Gasteiger partial charge in [0, 0.05) is 59.5 Å². The van der Waals surface area contributed by atoms with Crippen LogP contribution in [0.1, 0.15) is 91.9 Å². The van der Waals surface area contributed by atoms with Gasteiger partial charge in [-0.2, -0.15) is 23.5 Å². The van der Waals surface area contributed by atoms with Crippen LogP contribution in [0.4, 0.5) is 0 Å². The van der Waals surface area contributed by atoms with E-state index < -0.39 is 11.2 Å². The molecule has 0 bridgehead atoms. The molecule has 0 amide bonds. The molecule has 6 heteroatoms. The van der Waals surface area contributed by atoms with Crippen molar-refractivity contribution in [2.75, 3.05) is 0 Å². The highest BCUT2D eigenvalue weighted by Gasteiger charge is 2.54. The second-order valence-electron chi connectivity index (χ2n) is 10.4. The van der Waals surface area contributed by atoms with Crippen molar-refractivity contribution in [2.45, 2.75) is 124 Å². The van der Waals surface area contributed by atoms with E-state index >= 15 is 0 Å². The molecule has 178 valence electrons. The van der Waals surface area contributed by atoms with Gasteiger partial charge in [0.2, 0.25) is 0 Å². The molecule has 0 radical (unpaired) electrons. The number of thioether (sulfide) groups is 2. The Hall–Kier alpha value is -0.800. The van der Waals surface area contributed by atoms with Gasteiger partial charge in [0.1, 0.15) is 0 Å². The van der Waals surface area contributed by atoms with Crippen molar-refractivity contribution in [3.8, 4) is 11.8 Å². The van der Waals surface area contributed by atoms with Crippen LogP contribution >= 0.6 is 23.5 Å². The van der Waals surface area contributed by atoms with E-state index in [0.29, 0.717) is 21.0 Å². The number of hydrogen-bond acceptors (Lipinski definition) is 6. The van der Waals surface area contributed by atoms with Gasteiger partial charge in [-0.15, -0.1) is 0 Å². The van der Waals surface area contributed by atoms with Crippen molar-refractivity contribution in [3.63, 3.8) is 0 Å². The van der Waals surface area contributed by atoms with Crippen molar-refractivity contribution in [1.29, 1.82) is 0 Å². The van der Waals surface area contributed by atoms with Crippen LogP contribution in [0.3, 0.4) is 0 Å². The van der Waals surface area contributed by atoms with E-state index in [-0.39, 0.29) is 23.8 Å². The van der Waals surface area contributed by atoms with Crippen molar-refractivity contribution in [3.05, 3.63) is 0 Å². The summed E-state index contributed by atoms with van der Waals surface area (Å²) in [7, 11) is 0. The Bertz CT molecular complexity index is 726. The highest BCUT2D eigenvalue weighted by molar-refractivity contribution is 8.00. The Morgan fingerprint density at radius 3 is 1.47 bits per heavy atom. The van der Waals surface area contributed by atoms with Gasteiger partial charge in [0.05, 0.1) is 0 Å². The summed E-state index contributed by atoms with van der Waals surface area (Å²) in [4.78, 5) is 24.6.